The number of amides is 1. The molecular weight excluding hydrogens is 134 g/mol. The topological polar surface area (TPSA) is 55.7 Å². The summed E-state index contributed by atoms with van der Waals surface area (Å²) in [5.74, 6) is 0. The maximum atomic E-state index is 10.4. The van der Waals surface area contributed by atoms with E-state index in [4.69, 9.17) is 0 Å². The highest BCUT2D eigenvalue weighted by Gasteiger charge is 2.14. The Labute approximate surface area is 58.9 Å². The Morgan fingerprint density at radius 1 is 1.50 bits per heavy atom. The van der Waals surface area contributed by atoms with Crippen molar-refractivity contribution in [3.63, 3.8) is 0 Å². The molecule has 0 radical (unpaired) electrons. The average molecular weight is 143 g/mol. The van der Waals surface area contributed by atoms with Crippen LogP contribution in [0.1, 0.15) is 20.8 Å². The molecule has 0 atom stereocenters. The monoisotopic (exact) mass is 143 g/mol. The van der Waals surface area contributed by atoms with Gasteiger partial charge in [0.1, 0.15) is 5.60 Å². The lowest BCUT2D eigenvalue weighted by molar-refractivity contribution is 0.0604. The van der Waals surface area contributed by atoms with E-state index in [-0.39, 0.29) is 0 Å². The van der Waals surface area contributed by atoms with Gasteiger partial charge in [0.15, 0.2) is 0 Å². The van der Waals surface area contributed by atoms with Crippen LogP contribution in [0.2, 0.25) is 0 Å². The summed E-state index contributed by atoms with van der Waals surface area (Å²) in [4.78, 5) is 22.7. The number of hydrogen-bond acceptors (Lipinski definition) is 3. The summed E-state index contributed by atoms with van der Waals surface area (Å²) >= 11 is 0. The number of aliphatic imine (C=N–C) groups is 1. The standard InChI is InChI=1S/C6H9NO3/c1-6(2,3)10-5(9)7-4-8/h1-3H3. The highest BCUT2D eigenvalue weighted by Crippen LogP contribution is 2.07. The van der Waals surface area contributed by atoms with Gasteiger partial charge in [0.25, 0.3) is 0 Å². The van der Waals surface area contributed by atoms with Gasteiger partial charge in [-0.15, -0.1) is 0 Å². The molecule has 0 aliphatic heterocycles. The quantitative estimate of drug-likeness (QED) is 0.379. The lowest BCUT2D eigenvalue weighted by Gasteiger charge is -2.16. The van der Waals surface area contributed by atoms with Crippen LogP contribution in [0, 0.1) is 0 Å². The minimum absolute atomic E-state index is 0.600. The van der Waals surface area contributed by atoms with Gasteiger partial charge in [-0.05, 0) is 20.8 Å². The van der Waals surface area contributed by atoms with Crippen molar-refractivity contribution >= 4 is 12.2 Å². The van der Waals surface area contributed by atoms with Gasteiger partial charge in [0, 0.05) is 0 Å². The molecule has 0 N–H and O–H groups in total. The second-order valence-electron chi connectivity index (χ2n) is 2.68. The molecule has 0 spiro atoms. The summed E-state index contributed by atoms with van der Waals surface area (Å²) in [5, 5.41) is 0. The second kappa shape index (κ2) is 3.13. The fourth-order valence-electron chi connectivity index (χ4n) is 0.322. The number of carbonyl (C=O) groups excluding carboxylic acids is 2. The van der Waals surface area contributed by atoms with Crippen LogP contribution < -0.4 is 0 Å². The first-order valence-electron chi connectivity index (χ1n) is 2.76. The molecule has 0 aromatic heterocycles. The van der Waals surface area contributed by atoms with Gasteiger partial charge >= 0.3 is 6.09 Å². The predicted molar refractivity (Wildman–Crippen MR) is 34.4 cm³/mol. The zero-order chi connectivity index (χ0) is 8.20. The second-order valence-corrected chi connectivity index (χ2v) is 2.68. The molecule has 4 heteroatoms. The summed E-state index contributed by atoms with van der Waals surface area (Å²) in [5.41, 5.74) is -0.600. The van der Waals surface area contributed by atoms with Crippen molar-refractivity contribution in [3.8, 4) is 0 Å². The largest absolute Gasteiger partial charge is 0.445 e. The minimum atomic E-state index is -0.900. The van der Waals surface area contributed by atoms with Crippen molar-refractivity contribution in [1.82, 2.24) is 0 Å². The lowest BCUT2D eigenvalue weighted by Crippen LogP contribution is -2.21. The van der Waals surface area contributed by atoms with Crippen LogP contribution >= 0.6 is 0 Å². The third kappa shape index (κ3) is 5.00. The van der Waals surface area contributed by atoms with Crippen molar-refractivity contribution in [1.29, 1.82) is 0 Å². The van der Waals surface area contributed by atoms with E-state index in [1.54, 1.807) is 20.8 Å². The molecule has 0 unspecified atom stereocenters. The molecule has 0 saturated heterocycles. The van der Waals surface area contributed by atoms with Gasteiger partial charge in [0.05, 0.1) is 0 Å². The molecule has 0 rings (SSSR count). The molecule has 10 heavy (non-hydrogen) atoms. The zero-order valence-electron chi connectivity index (χ0n) is 6.17. The molecule has 1 amide bonds. The maximum absolute atomic E-state index is 10.4. The first kappa shape index (κ1) is 8.85. The molecule has 0 heterocycles. The van der Waals surface area contributed by atoms with E-state index in [0.29, 0.717) is 0 Å². The molecule has 0 aliphatic carbocycles. The highest BCUT2D eigenvalue weighted by atomic mass is 16.6. The fraction of sp³-hybridized carbons (Fsp3) is 0.667. The number of rotatable bonds is 0. The van der Waals surface area contributed by atoms with E-state index in [2.05, 4.69) is 9.73 Å². The maximum Gasteiger partial charge on any atom is 0.445 e. The third-order valence-corrected chi connectivity index (χ3v) is 0.530. The number of carbonyl (C=O) groups is 1. The van der Waals surface area contributed by atoms with Crippen LogP contribution in [0.15, 0.2) is 4.99 Å². The molecule has 0 bridgehead atoms. The molecule has 56 valence electrons. The average Bonchev–Trinajstić information content (AvgIpc) is 1.59. The first-order valence-corrected chi connectivity index (χ1v) is 2.76. The fourth-order valence-corrected chi connectivity index (χ4v) is 0.322. The molecule has 0 aromatic carbocycles. The van der Waals surface area contributed by atoms with Crippen LogP contribution in [0.4, 0.5) is 4.79 Å². The van der Waals surface area contributed by atoms with Gasteiger partial charge in [-0.1, -0.05) is 4.99 Å². The normalized spacial score (nSPS) is 9.90. The van der Waals surface area contributed by atoms with Crippen LogP contribution in [0.25, 0.3) is 0 Å². The summed E-state index contributed by atoms with van der Waals surface area (Å²) in [6, 6.07) is 0. The summed E-state index contributed by atoms with van der Waals surface area (Å²) in [6.07, 6.45) is 0.190. The SMILES string of the molecule is CC(C)(C)OC(=O)N=C=O. The van der Waals surface area contributed by atoms with Crippen molar-refractivity contribution in [2.24, 2.45) is 4.99 Å². The molecule has 0 saturated carbocycles. The Kier molecular flexibility index (Phi) is 2.77. The Bertz CT molecular complexity index is 174. The zero-order valence-corrected chi connectivity index (χ0v) is 6.17. The van der Waals surface area contributed by atoms with Gasteiger partial charge in [-0.25, -0.2) is 9.59 Å². The summed E-state index contributed by atoms with van der Waals surface area (Å²) < 4.78 is 4.61. The van der Waals surface area contributed by atoms with E-state index in [9.17, 15) is 9.59 Å². The van der Waals surface area contributed by atoms with Crippen molar-refractivity contribution in [2.75, 3.05) is 0 Å². The van der Waals surface area contributed by atoms with Crippen LogP contribution in [-0.2, 0) is 9.53 Å². The van der Waals surface area contributed by atoms with Crippen LogP contribution in [0.3, 0.4) is 0 Å². The third-order valence-electron chi connectivity index (χ3n) is 0.530. The van der Waals surface area contributed by atoms with E-state index in [1.807, 2.05) is 0 Å². The molecular formula is C6H9NO3. The summed E-state index contributed by atoms with van der Waals surface area (Å²) in [6.45, 7) is 5.06. The first-order chi connectivity index (χ1) is 4.45. The van der Waals surface area contributed by atoms with Gasteiger partial charge < -0.3 is 4.74 Å². The van der Waals surface area contributed by atoms with Crippen molar-refractivity contribution in [3.05, 3.63) is 0 Å². The van der Waals surface area contributed by atoms with E-state index >= 15 is 0 Å². The summed E-state index contributed by atoms with van der Waals surface area (Å²) in [7, 11) is 0. The molecule has 0 aliphatic rings. The molecule has 0 aromatic rings. The van der Waals surface area contributed by atoms with Gasteiger partial charge in [-0.2, -0.15) is 0 Å². The predicted octanol–water partition coefficient (Wildman–Crippen LogP) is 1.26. The number of ether oxygens (including phenoxy) is 1. The van der Waals surface area contributed by atoms with E-state index in [1.165, 1.54) is 0 Å². The van der Waals surface area contributed by atoms with Crippen LogP contribution in [0.5, 0.6) is 0 Å². The smallest absolute Gasteiger partial charge is 0.442 e. The van der Waals surface area contributed by atoms with Gasteiger partial charge in [0.2, 0.25) is 6.08 Å². The molecule has 0 fully saturated rings. The Hall–Kier alpha value is -1.15. The molecule has 4 nitrogen and oxygen atoms in total. The van der Waals surface area contributed by atoms with E-state index < -0.39 is 11.7 Å². The number of hydrogen-bond donors (Lipinski definition) is 0. The Balaban J connectivity index is 3.92. The Morgan fingerprint density at radius 2 is 2.00 bits per heavy atom. The van der Waals surface area contributed by atoms with Crippen LogP contribution in [-0.4, -0.2) is 17.8 Å². The number of isocyanates is 1. The minimum Gasteiger partial charge on any atom is -0.442 e. The Morgan fingerprint density at radius 3 is 2.30 bits per heavy atom. The van der Waals surface area contributed by atoms with Gasteiger partial charge in [-0.3, -0.25) is 0 Å². The number of nitrogens with zero attached hydrogens (tertiary/aromatic N) is 1. The highest BCUT2D eigenvalue weighted by molar-refractivity contribution is 5.74. The van der Waals surface area contributed by atoms with Crippen molar-refractivity contribution in [2.45, 2.75) is 26.4 Å². The van der Waals surface area contributed by atoms with E-state index in [0.717, 1.165) is 6.08 Å². The van der Waals surface area contributed by atoms with Crippen molar-refractivity contribution < 1.29 is 14.3 Å². The lowest BCUT2D eigenvalue weighted by atomic mass is 10.2.